The Kier molecular flexibility index (Phi) is 2.11. The number of rotatable bonds is 2. The molecule has 0 fully saturated rings. The minimum Gasteiger partial charge on any atom is -0.343 e. The van der Waals surface area contributed by atoms with E-state index in [1.165, 1.54) is 26.6 Å². The van der Waals surface area contributed by atoms with Gasteiger partial charge in [0, 0.05) is 28.5 Å². The van der Waals surface area contributed by atoms with E-state index in [-0.39, 0.29) is 0 Å². The molecule has 2 N–H and O–H groups in total. The van der Waals surface area contributed by atoms with E-state index in [9.17, 15) is 0 Å². The number of aromatic nitrogens is 1. The first kappa shape index (κ1) is 9.43. The lowest BCUT2D eigenvalue weighted by Gasteiger charge is -2.04. The molecular formula is C12H13BrN2. The summed E-state index contributed by atoms with van der Waals surface area (Å²) in [7, 11) is 0. The van der Waals surface area contributed by atoms with Gasteiger partial charge in [0.05, 0.1) is 5.52 Å². The summed E-state index contributed by atoms with van der Waals surface area (Å²) in [5.41, 5.74) is 9.90. The lowest BCUT2D eigenvalue weighted by molar-refractivity contribution is 0.715. The maximum Gasteiger partial charge on any atom is 0.0527 e. The average molecular weight is 265 g/mol. The highest BCUT2D eigenvalue weighted by atomic mass is 79.9. The molecule has 3 rings (SSSR count). The summed E-state index contributed by atoms with van der Waals surface area (Å²) in [5, 5.41) is 1.34. The molecule has 3 heteroatoms. The third kappa shape index (κ3) is 1.20. The number of nitrogens with two attached hydrogens (primary N) is 1. The zero-order valence-electron chi connectivity index (χ0n) is 8.46. The maximum absolute atomic E-state index is 5.66. The van der Waals surface area contributed by atoms with Crippen LogP contribution in [0.25, 0.3) is 10.9 Å². The summed E-state index contributed by atoms with van der Waals surface area (Å²) in [4.78, 5) is 0. The van der Waals surface area contributed by atoms with Gasteiger partial charge >= 0.3 is 0 Å². The molecule has 0 bridgehead atoms. The van der Waals surface area contributed by atoms with Gasteiger partial charge in [-0.25, -0.2) is 0 Å². The molecule has 1 aliphatic heterocycles. The molecular weight excluding hydrogens is 252 g/mol. The van der Waals surface area contributed by atoms with Crippen molar-refractivity contribution in [2.75, 3.05) is 6.54 Å². The lowest BCUT2D eigenvalue weighted by atomic mass is 10.1. The molecule has 0 aliphatic carbocycles. The lowest BCUT2D eigenvalue weighted by Crippen LogP contribution is -2.08. The molecule has 78 valence electrons. The van der Waals surface area contributed by atoms with Gasteiger partial charge in [-0.2, -0.15) is 0 Å². The fraction of sp³-hybridized carbons (Fsp3) is 0.333. The van der Waals surface area contributed by atoms with Crippen LogP contribution in [0.4, 0.5) is 0 Å². The first-order valence-corrected chi connectivity index (χ1v) is 6.10. The number of hydrogen-bond donors (Lipinski definition) is 1. The van der Waals surface area contributed by atoms with Crippen molar-refractivity contribution in [2.24, 2.45) is 5.73 Å². The van der Waals surface area contributed by atoms with Gasteiger partial charge in [-0.05, 0) is 34.5 Å². The summed E-state index contributed by atoms with van der Waals surface area (Å²) in [5.74, 6) is 0. The molecule has 15 heavy (non-hydrogen) atoms. The molecule has 0 saturated heterocycles. The zero-order valence-corrected chi connectivity index (χ0v) is 10.0. The van der Waals surface area contributed by atoms with Crippen molar-refractivity contribution >= 4 is 26.8 Å². The van der Waals surface area contributed by atoms with E-state index in [4.69, 9.17) is 5.73 Å². The van der Waals surface area contributed by atoms with Crippen molar-refractivity contribution < 1.29 is 0 Å². The summed E-state index contributed by atoms with van der Waals surface area (Å²) < 4.78 is 3.66. The molecule has 0 spiro atoms. The minimum absolute atomic E-state index is 0.713. The predicted molar refractivity (Wildman–Crippen MR) is 66.1 cm³/mol. The van der Waals surface area contributed by atoms with Gasteiger partial charge in [0.2, 0.25) is 0 Å². The van der Waals surface area contributed by atoms with E-state index in [0.717, 1.165) is 19.4 Å². The van der Waals surface area contributed by atoms with Crippen LogP contribution in [0.15, 0.2) is 22.7 Å². The van der Waals surface area contributed by atoms with Crippen LogP contribution in [0.1, 0.15) is 11.3 Å². The van der Waals surface area contributed by atoms with Crippen molar-refractivity contribution in [1.29, 1.82) is 0 Å². The zero-order chi connectivity index (χ0) is 10.4. The maximum atomic E-state index is 5.66. The van der Waals surface area contributed by atoms with Crippen LogP contribution < -0.4 is 5.73 Å². The number of para-hydroxylation sites is 1. The Bertz CT molecular complexity index is 528. The number of nitrogens with zero attached hydrogens (tertiary/aromatic N) is 1. The highest BCUT2D eigenvalue weighted by Crippen LogP contribution is 2.36. The molecule has 0 saturated carbocycles. The first-order chi connectivity index (χ1) is 7.33. The molecule has 0 amide bonds. The van der Waals surface area contributed by atoms with E-state index in [0.29, 0.717) is 6.54 Å². The number of halogens is 1. The van der Waals surface area contributed by atoms with Gasteiger partial charge in [0.25, 0.3) is 0 Å². The molecule has 2 nitrogen and oxygen atoms in total. The molecule has 2 aromatic rings. The van der Waals surface area contributed by atoms with Gasteiger partial charge in [0.15, 0.2) is 0 Å². The quantitative estimate of drug-likeness (QED) is 0.888. The summed E-state index contributed by atoms with van der Waals surface area (Å²) in [6.45, 7) is 1.82. The number of hydrogen-bond acceptors (Lipinski definition) is 1. The third-order valence-corrected chi connectivity index (χ3v) is 4.08. The van der Waals surface area contributed by atoms with Gasteiger partial charge in [-0.15, -0.1) is 0 Å². The van der Waals surface area contributed by atoms with Crippen molar-refractivity contribution in [3.8, 4) is 0 Å². The Morgan fingerprint density at radius 3 is 3.07 bits per heavy atom. The highest BCUT2D eigenvalue weighted by molar-refractivity contribution is 9.10. The fourth-order valence-electron chi connectivity index (χ4n) is 2.56. The van der Waals surface area contributed by atoms with Gasteiger partial charge in [0.1, 0.15) is 0 Å². The van der Waals surface area contributed by atoms with Crippen LogP contribution in [0.2, 0.25) is 0 Å². The van der Waals surface area contributed by atoms with Crippen LogP contribution in [0.5, 0.6) is 0 Å². The third-order valence-electron chi connectivity index (χ3n) is 3.19. The topological polar surface area (TPSA) is 30.9 Å². The second kappa shape index (κ2) is 3.35. The fourth-order valence-corrected chi connectivity index (χ4v) is 3.29. The van der Waals surface area contributed by atoms with E-state index < -0.39 is 0 Å². The number of benzene rings is 1. The molecule has 1 aliphatic rings. The van der Waals surface area contributed by atoms with Gasteiger partial charge in [-0.1, -0.05) is 18.2 Å². The summed E-state index contributed by atoms with van der Waals surface area (Å²) in [6, 6.07) is 6.56. The molecule has 2 heterocycles. The van der Waals surface area contributed by atoms with Crippen molar-refractivity contribution in [2.45, 2.75) is 19.4 Å². The Morgan fingerprint density at radius 1 is 1.40 bits per heavy atom. The van der Waals surface area contributed by atoms with Crippen LogP contribution in [-0.4, -0.2) is 11.1 Å². The largest absolute Gasteiger partial charge is 0.343 e. The summed E-state index contributed by atoms with van der Waals surface area (Å²) >= 11 is 3.70. The normalized spacial score (nSPS) is 14.0. The molecule has 0 unspecified atom stereocenters. The molecule has 1 aromatic heterocycles. The van der Waals surface area contributed by atoms with Crippen LogP contribution in [0.3, 0.4) is 0 Å². The first-order valence-electron chi connectivity index (χ1n) is 5.31. The van der Waals surface area contributed by atoms with E-state index in [2.05, 4.69) is 38.7 Å². The smallest absolute Gasteiger partial charge is 0.0527 e. The Hall–Kier alpha value is -0.800. The Labute approximate surface area is 97.2 Å². The van der Waals surface area contributed by atoms with Crippen molar-refractivity contribution in [3.63, 3.8) is 0 Å². The van der Waals surface area contributed by atoms with Gasteiger partial charge in [-0.3, -0.25) is 0 Å². The van der Waals surface area contributed by atoms with Crippen LogP contribution >= 0.6 is 15.9 Å². The summed E-state index contributed by atoms with van der Waals surface area (Å²) in [6.07, 6.45) is 2.12. The average Bonchev–Trinajstić information content (AvgIpc) is 2.78. The van der Waals surface area contributed by atoms with Crippen LogP contribution in [0, 0.1) is 0 Å². The second-order valence-electron chi connectivity index (χ2n) is 4.01. The SMILES string of the molecule is NCCc1c(Br)c2cccc3c2n1CC3. The molecule has 1 aromatic carbocycles. The van der Waals surface area contributed by atoms with Crippen molar-refractivity contribution in [3.05, 3.63) is 33.9 Å². The molecule has 0 radical (unpaired) electrons. The van der Waals surface area contributed by atoms with E-state index in [1.807, 2.05) is 0 Å². The molecule has 0 atom stereocenters. The van der Waals surface area contributed by atoms with Crippen LogP contribution in [-0.2, 0) is 19.4 Å². The number of aryl methyl sites for hydroxylation is 2. The highest BCUT2D eigenvalue weighted by Gasteiger charge is 2.21. The second-order valence-corrected chi connectivity index (χ2v) is 4.81. The van der Waals surface area contributed by atoms with Gasteiger partial charge < -0.3 is 10.3 Å². The Morgan fingerprint density at radius 2 is 2.27 bits per heavy atom. The Balaban J connectivity index is 2.37. The monoisotopic (exact) mass is 264 g/mol. The standard InChI is InChI=1S/C12H13BrN2/c13-11-9-3-1-2-8-5-7-15(12(8)9)10(11)4-6-14/h1-3H,4-7,14H2. The van der Waals surface area contributed by atoms with E-state index >= 15 is 0 Å². The minimum atomic E-state index is 0.713. The predicted octanol–water partition coefficient (Wildman–Crippen LogP) is 2.46. The van der Waals surface area contributed by atoms with E-state index in [1.54, 1.807) is 0 Å². The van der Waals surface area contributed by atoms with Crippen molar-refractivity contribution in [1.82, 2.24) is 4.57 Å².